The van der Waals surface area contributed by atoms with E-state index in [1.807, 2.05) is 19.9 Å². The molecule has 0 saturated heterocycles. The van der Waals surface area contributed by atoms with Gasteiger partial charge in [0.1, 0.15) is 5.82 Å². The van der Waals surface area contributed by atoms with Gasteiger partial charge in [0.05, 0.1) is 12.0 Å². The van der Waals surface area contributed by atoms with Crippen molar-refractivity contribution < 1.29 is 4.39 Å². The Balaban J connectivity index is 3.25. The average molecular weight is 177 g/mol. The van der Waals surface area contributed by atoms with Gasteiger partial charge < -0.3 is 0 Å². The first-order valence-electron chi connectivity index (χ1n) is 4.22. The summed E-state index contributed by atoms with van der Waals surface area (Å²) in [6, 6.07) is 5.26. The van der Waals surface area contributed by atoms with Crippen LogP contribution in [0.25, 0.3) is 0 Å². The lowest BCUT2D eigenvalue weighted by Crippen LogP contribution is -1.97. The predicted octanol–water partition coefficient (Wildman–Crippen LogP) is 3.07. The molecule has 0 amide bonds. The van der Waals surface area contributed by atoms with Gasteiger partial charge in [0, 0.05) is 5.56 Å². The largest absolute Gasteiger partial charge is 0.207 e. The minimum atomic E-state index is -0.376. The van der Waals surface area contributed by atoms with E-state index >= 15 is 0 Å². The fourth-order valence-corrected chi connectivity index (χ4v) is 1.20. The fraction of sp³-hybridized carbons (Fsp3) is 0.364. The zero-order valence-electron chi connectivity index (χ0n) is 8.06. The van der Waals surface area contributed by atoms with Gasteiger partial charge in [0.15, 0.2) is 0 Å². The number of aryl methyl sites for hydroxylation is 2. The molecule has 68 valence electrons. The number of halogens is 1. The van der Waals surface area contributed by atoms with Gasteiger partial charge in [-0.25, -0.2) is 4.39 Å². The molecule has 0 aliphatic rings. The van der Waals surface area contributed by atoms with E-state index < -0.39 is 0 Å². The number of benzene rings is 1. The van der Waals surface area contributed by atoms with Crippen molar-refractivity contribution in [1.82, 2.24) is 0 Å². The van der Waals surface area contributed by atoms with E-state index in [9.17, 15) is 4.39 Å². The molecule has 1 atom stereocenters. The Morgan fingerprint density at radius 1 is 1.31 bits per heavy atom. The highest BCUT2D eigenvalue weighted by molar-refractivity contribution is 5.35. The van der Waals surface area contributed by atoms with E-state index in [0.29, 0.717) is 5.56 Å². The molecule has 13 heavy (non-hydrogen) atoms. The standard InChI is InChI=1S/C11H12FN/c1-7-4-10(9(3)6-13)11(12)5-8(7)2/h4-5,9H,1-3H3. The van der Waals surface area contributed by atoms with Crippen molar-refractivity contribution in [1.29, 1.82) is 5.26 Å². The van der Waals surface area contributed by atoms with Crippen molar-refractivity contribution in [2.75, 3.05) is 0 Å². The summed E-state index contributed by atoms with van der Waals surface area (Å²) < 4.78 is 13.3. The number of rotatable bonds is 1. The Labute approximate surface area is 77.8 Å². The third kappa shape index (κ3) is 1.86. The predicted molar refractivity (Wildman–Crippen MR) is 49.9 cm³/mol. The molecule has 0 N–H and O–H groups in total. The van der Waals surface area contributed by atoms with E-state index in [-0.39, 0.29) is 11.7 Å². The van der Waals surface area contributed by atoms with Crippen molar-refractivity contribution in [2.45, 2.75) is 26.7 Å². The summed E-state index contributed by atoms with van der Waals surface area (Å²) in [5.41, 5.74) is 2.44. The molecule has 0 radical (unpaired) electrons. The quantitative estimate of drug-likeness (QED) is 0.646. The van der Waals surface area contributed by atoms with Crippen LogP contribution in [0.3, 0.4) is 0 Å². The maximum Gasteiger partial charge on any atom is 0.128 e. The van der Waals surface area contributed by atoms with Gasteiger partial charge in [-0.1, -0.05) is 6.07 Å². The number of hydrogen-bond acceptors (Lipinski definition) is 1. The highest BCUT2D eigenvalue weighted by atomic mass is 19.1. The van der Waals surface area contributed by atoms with Gasteiger partial charge in [-0.3, -0.25) is 0 Å². The molecule has 0 fully saturated rings. The van der Waals surface area contributed by atoms with Crippen molar-refractivity contribution in [3.63, 3.8) is 0 Å². The van der Waals surface area contributed by atoms with Crippen LogP contribution in [0.4, 0.5) is 4.39 Å². The van der Waals surface area contributed by atoms with Crippen molar-refractivity contribution in [3.05, 3.63) is 34.6 Å². The SMILES string of the molecule is Cc1cc(F)c(C(C)C#N)cc1C. The van der Waals surface area contributed by atoms with Crippen LogP contribution < -0.4 is 0 Å². The molecule has 2 heteroatoms. The second-order valence-electron chi connectivity index (χ2n) is 3.31. The first-order chi connectivity index (χ1) is 6.06. The number of nitrogens with zero attached hydrogens (tertiary/aromatic N) is 1. The molecule has 1 aromatic carbocycles. The van der Waals surface area contributed by atoms with Crippen LogP contribution >= 0.6 is 0 Å². The summed E-state index contributed by atoms with van der Waals surface area (Å²) in [5.74, 6) is -0.656. The van der Waals surface area contributed by atoms with E-state index in [2.05, 4.69) is 0 Å². The normalized spacial score (nSPS) is 12.2. The number of hydrogen-bond donors (Lipinski definition) is 0. The Morgan fingerprint density at radius 2 is 1.85 bits per heavy atom. The van der Waals surface area contributed by atoms with E-state index in [1.165, 1.54) is 6.07 Å². The van der Waals surface area contributed by atoms with Crippen LogP contribution in [0.15, 0.2) is 12.1 Å². The van der Waals surface area contributed by atoms with E-state index in [0.717, 1.165) is 11.1 Å². The fourth-order valence-electron chi connectivity index (χ4n) is 1.20. The smallest absolute Gasteiger partial charge is 0.128 e. The Kier molecular flexibility index (Phi) is 2.67. The van der Waals surface area contributed by atoms with Gasteiger partial charge in [-0.05, 0) is 38.0 Å². The molecule has 0 aliphatic carbocycles. The molecule has 1 unspecified atom stereocenters. The molecule has 0 aliphatic heterocycles. The average Bonchev–Trinajstić information content (AvgIpc) is 2.10. The summed E-state index contributed by atoms with van der Waals surface area (Å²) >= 11 is 0. The minimum absolute atomic E-state index is 0.280. The Hall–Kier alpha value is -1.36. The van der Waals surface area contributed by atoms with Crippen LogP contribution in [0.2, 0.25) is 0 Å². The maximum absolute atomic E-state index is 13.3. The highest BCUT2D eigenvalue weighted by Gasteiger charge is 2.11. The molecule has 0 heterocycles. The summed E-state index contributed by atoms with van der Waals surface area (Å²) in [6.07, 6.45) is 0. The van der Waals surface area contributed by atoms with Crippen molar-refractivity contribution in [2.24, 2.45) is 0 Å². The second kappa shape index (κ2) is 3.57. The molecule has 0 spiro atoms. The lowest BCUT2D eigenvalue weighted by Gasteiger charge is -2.08. The van der Waals surface area contributed by atoms with Crippen molar-refractivity contribution in [3.8, 4) is 6.07 Å². The Bertz CT molecular complexity index is 363. The molecule has 1 aromatic rings. The lowest BCUT2D eigenvalue weighted by atomic mass is 9.97. The molecule has 0 bridgehead atoms. The maximum atomic E-state index is 13.3. The van der Waals surface area contributed by atoms with Gasteiger partial charge in [-0.2, -0.15) is 5.26 Å². The first kappa shape index (κ1) is 9.73. The molecular weight excluding hydrogens is 165 g/mol. The number of nitriles is 1. The molecule has 1 nitrogen and oxygen atoms in total. The summed E-state index contributed by atoms with van der Waals surface area (Å²) in [4.78, 5) is 0. The zero-order valence-corrected chi connectivity index (χ0v) is 8.06. The molecule has 0 saturated carbocycles. The van der Waals surface area contributed by atoms with Crippen LogP contribution in [0, 0.1) is 31.0 Å². The van der Waals surface area contributed by atoms with Crippen molar-refractivity contribution >= 4 is 0 Å². The first-order valence-corrected chi connectivity index (χ1v) is 4.22. The summed E-state index contributed by atoms with van der Waals surface area (Å²) in [6.45, 7) is 5.48. The van der Waals surface area contributed by atoms with Crippen LogP contribution in [0.1, 0.15) is 29.5 Å². The minimum Gasteiger partial charge on any atom is -0.207 e. The second-order valence-corrected chi connectivity index (χ2v) is 3.31. The Morgan fingerprint density at radius 3 is 2.38 bits per heavy atom. The van der Waals surface area contributed by atoms with Gasteiger partial charge in [-0.15, -0.1) is 0 Å². The van der Waals surface area contributed by atoms with E-state index in [1.54, 1.807) is 13.0 Å². The topological polar surface area (TPSA) is 23.8 Å². The zero-order chi connectivity index (χ0) is 10.0. The lowest BCUT2D eigenvalue weighted by molar-refractivity contribution is 0.604. The third-order valence-corrected chi connectivity index (χ3v) is 2.27. The molecule has 1 rings (SSSR count). The van der Waals surface area contributed by atoms with Gasteiger partial charge >= 0.3 is 0 Å². The van der Waals surface area contributed by atoms with Crippen LogP contribution in [0.5, 0.6) is 0 Å². The summed E-state index contributed by atoms with van der Waals surface area (Å²) in [7, 11) is 0. The molecule has 0 aromatic heterocycles. The van der Waals surface area contributed by atoms with E-state index in [4.69, 9.17) is 5.26 Å². The third-order valence-electron chi connectivity index (χ3n) is 2.27. The van der Waals surface area contributed by atoms with Crippen LogP contribution in [-0.4, -0.2) is 0 Å². The van der Waals surface area contributed by atoms with Gasteiger partial charge in [0.2, 0.25) is 0 Å². The highest BCUT2D eigenvalue weighted by Crippen LogP contribution is 2.21. The monoisotopic (exact) mass is 177 g/mol. The van der Waals surface area contributed by atoms with Gasteiger partial charge in [0.25, 0.3) is 0 Å². The summed E-state index contributed by atoms with van der Waals surface area (Å²) in [5, 5.41) is 8.66. The molecular formula is C11H12FN. The van der Waals surface area contributed by atoms with Crippen LogP contribution in [-0.2, 0) is 0 Å².